The number of esters is 1. The summed E-state index contributed by atoms with van der Waals surface area (Å²) in [7, 11) is 6.62. The molecule has 1 aliphatic carbocycles. The number of fused-ring (bicyclic) bond motifs is 3. The van der Waals surface area contributed by atoms with Gasteiger partial charge in [0.1, 0.15) is 36.7 Å². The quantitative estimate of drug-likeness (QED) is 0.117. The van der Waals surface area contributed by atoms with Gasteiger partial charge >= 0.3 is 5.97 Å². The number of hydrogen-bond donors (Lipinski definition) is 4. The third-order valence-electron chi connectivity index (χ3n) is 13.7. The number of cyclic esters (lactones) is 1. The van der Waals surface area contributed by atoms with Crippen molar-refractivity contribution in [2.45, 2.75) is 147 Å². The number of thiophene rings is 1. The molecule has 5 rings (SSSR count). The number of primary amides is 1. The molecule has 69 heavy (non-hydrogen) atoms. The molecule has 19 heteroatoms. The number of allylic oxidation sites excluding steroid dienone is 3. The summed E-state index contributed by atoms with van der Waals surface area (Å²) in [5, 5.41) is 37.8. The molecule has 1 amide bonds. The first-order valence-corrected chi connectivity index (χ1v) is 25.0. The molecule has 1 aromatic rings. The summed E-state index contributed by atoms with van der Waals surface area (Å²) in [6.07, 6.45) is 2.22. The lowest BCUT2D eigenvalue weighted by molar-refractivity contribution is -0.305. The molecule has 18 nitrogen and oxygen atoms in total. The van der Waals surface area contributed by atoms with Crippen LogP contribution in [0.25, 0.3) is 6.08 Å². The van der Waals surface area contributed by atoms with Gasteiger partial charge in [-0.15, -0.1) is 11.3 Å². The lowest BCUT2D eigenvalue weighted by Crippen LogP contribution is -2.63. The zero-order valence-electron chi connectivity index (χ0n) is 41.7. The summed E-state index contributed by atoms with van der Waals surface area (Å²) < 4.78 is 50.2. The number of likely N-dealkylation sites (N-methyl/N-ethyl adjacent to an activating group) is 1. The molecule has 0 aromatic carbocycles. The van der Waals surface area contributed by atoms with Crippen molar-refractivity contribution >= 4 is 40.8 Å². The van der Waals surface area contributed by atoms with Crippen molar-refractivity contribution in [1.82, 2.24) is 4.90 Å². The molecule has 2 bridgehead atoms. The number of ether oxygens (including phenoxy) is 8. The van der Waals surface area contributed by atoms with Crippen LogP contribution < -0.4 is 5.73 Å². The molecule has 3 aliphatic heterocycles. The molecule has 0 spiro atoms. The zero-order chi connectivity index (χ0) is 50.4. The van der Waals surface area contributed by atoms with Gasteiger partial charge in [0.25, 0.3) is 5.91 Å². The second-order valence-electron chi connectivity index (χ2n) is 19.0. The Morgan fingerprint density at radius 2 is 1.75 bits per heavy atom. The number of nitrogens with two attached hydrogens (primary N) is 1. The van der Waals surface area contributed by atoms with E-state index in [0.29, 0.717) is 42.7 Å². The van der Waals surface area contributed by atoms with Gasteiger partial charge in [0.15, 0.2) is 12.1 Å². The highest BCUT2D eigenvalue weighted by atomic mass is 32.1. The van der Waals surface area contributed by atoms with Crippen LogP contribution in [0.15, 0.2) is 47.2 Å². The number of oxime groups is 1. The van der Waals surface area contributed by atoms with Gasteiger partial charge in [-0.1, -0.05) is 43.7 Å². The number of amides is 1. The van der Waals surface area contributed by atoms with Crippen molar-refractivity contribution in [1.29, 1.82) is 0 Å². The molecule has 3 fully saturated rings. The van der Waals surface area contributed by atoms with Crippen molar-refractivity contribution in [2.24, 2.45) is 34.6 Å². The van der Waals surface area contributed by atoms with Crippen LogP contribution in [0.4, 0.5) is 0 Å². The fourth-order valence-corrected chi connectivity index (χ4v) is 10.5. The maximum Gasteiger partial charge on any atom is 0.308 e. The summed E-state index contributed by atoms with van der Waals surface area (Å²) in [4.78, 5) is 48.7. The van der Waals surface area contributed by atoms with E-state index >= 15 is 0 Å². The van der Waals surface area contributed by atoms with Gasteiger partial charge in [-0.25, -0.2) is 0 Å². The Balaban J connectivity index is 1.48. The molecule has 4 aliphatic rings. The van der Waals surface area contributed by atoms with Crippen molar-refractivity contribution in [3.8, 4) is 0 Å². The lowest BCUT2D eigenvalue weighted by atomic mass is 9.79. The molecule has 1 saturated carbocycles. The molecule has 5 N–H and O–H groups in total. The van der Waals surface area contributed by atoms with E-state index in [9.17, 15) is 29.7 Å². The number of methoxy groups -OCH3 is 2. The Morgan fingerprint density at radius 1 is 1.00 bits per heavy atom. The highest BCUT2D eigenvalue weighted by molar-refractivity contribution is 7.14. The minimum Gasteiger partial charge on any atom is -0.462 e. The van der Waals surface area contributed by atoms with Crippen molar-refractivity contribution in [2.75, 3.05) is 61.3 Å². The first kappa shape index (κ1) is 56.5. The first-order valence-electron chi connectivity index (χ1n) is 24.2. The monoisotopic (exact) mass is 992 g/mol. The van der Waals surface area contributed by atoms with Crippen LogP contribution in [0.2, 0.25) is 0 Å². The normalized spacial score (nSPS) is 37.8. The number of nitrogens with zero attached hydrogens (tertiary/aromatic N) is 2. The summed E-state index contributed by atoms with van der Waals surface area (Å²) in [5.41, 5.74) is 6.60. The molecular weight excluding hydrogens is 915 g/mol. The highest BCUT2D eigenvalue weighted by Crippen LogP contribution is 2.36. The van der Waals surface area contributed by atoms with Gasteiger partial charge in [-0.2, -0.15) is 0 Å². The third kappa shape index (κ3) is 15.8. The zero-order valence-corrected chi connectivity index (χ0v) is 42.5. The van der Waals surface area contributed by atoms with E-state index in [1.807, 2.05) is 33.8 Å². The van der Waals surface area contributed by atoms with Gasteiger partial charge in [0.2, 0.25) is 0 Å². The Labute approximate surface area is 411 Å². The van der Waals surface area contributed by atoms with E-state index in [-0.39, 0.29) is 51.2 Å². The average molecular weight is 992 g/mol. The molecule has 16 atom stereocenters. The standard InChI is InChI=1S/C50H77N3O15S/c1-10-38-33(25-63-39-17-16-37(55)47(60-8)48(39)61-9)22-28(2)13-15-36(54)29(3)23-32-19-21-62-26-34(52-65-20-11-12-35-14-18-41(69-35)49(51)59)27-64-40(24-42(56)67-38)30(4)46(32)68-50-45(58)43(53(6)7)44(57)31(5)66-50/h11-15,18,22,29-33,37-40,43-48,50,55,57-58H,10,16-17,19-21,23-27H2,1-9H3,(H2,51,59)/b12-11+,15-13+,28-22+,52-34+/t29-,30+,31-,32?,33-,37-,38-,39-,40-,43+,44-,45-,46-,47-,48+,50+/m1/s1. The topological polar surface area (TPSA) is 237 Å². The number of ketones is 1. The molecular formula is C50H77N3O15S. The van der Waals surface area contributed by atoms with E-state index < -0.39 is 103 Å². The second-order valence-corrected chi connectivity index (χ2v) is 20.1. The van der Waals surface area contributed by atoms with E-state index in [4.69, 9.17) is 48.5 Å². The predicted molar refractivity (Wildman–Crippen MR) is 258 cm³/mol. The minimum absolute atomic E-state index is 0.0432. The van der Waals surface area contributed by atoms with Crippen LogP contribution >= 0.6 is 11.3 Å². The predicted octanol–water partition coefficient (Wildman–Crippen LogP) is 4.08. The summed E-state index contributed by atoms with van der Waals surface area (Å²) in [5.74, 6) is -3.00. The SMILES string of the molecule is CC[C@H]1OC(=O)C[C@H]2OC/C(=N/OC/C=C/c3ccc(C(N)=O)s3)COCCC(C[C@@H](C)C(=O)/C=C/C(C)=C/[C@@H]1CO[C@@H]1CC[C@@H](O)[C@@H](OC)[C@H]1OC)[C@H](O[C@@H]1O[C@H](C)[C@@H](O)[C@H](N(C)C)[C@H]1O)[C@H]2C. The van der Waals surface area contributed by atoms with Crippen molar-refractivity contribution in [3.05, 3.63) is 51.8 Å². The minimum atomic E-state index is -1.26. The van der Waals surface area contributed by atoms with Crippen molar-refractivity contribution in [3.63, 3.8) is 0 Å². The maximum absolute atomic E-state index is 14.4. The largest absolute Gasteiger partial charge is 0.462 e. The number of carbonyl (C=O) groups is 3. The van der Waals surface area contributed by atoms with Gasteiger partial charge in [0, 0.05) is 43.5 Å². The summed E-state index contributed by atoms with van der Waals surface area (Å²) in [6, 6.07) is 2.73. The van der Waals surface area contributed by atoms with Crippen molar-refractivity contribution < 1.29 is 72.4 Å². The Morgan fingerprint density at radius 3 is 2.43 bits per heavy atom. The Hall–Kier alpha value is -3.44. The van der Waals surface area contributed by atoms with Gasteiger partial charge in [-0.3, -0.25) is 14.4 Å². The first-order chi connectivity index (χ1) is 32.9. The summed E-state index contributed by atoms with van der Waals surface area (Å²) in [6.45, 7) is 9.76. The number of aliphatic hydroxyl groups excluding tert-OH is 3. The number of hydrogen-bond acceptors (Lipinski definition) is 18. The summed E-state index contributed by atoms with van der Waals surface area (Å²) >= 11 is 1.26. The number of carbonyl (C=O) groups excluding carboxylic acids is 3. The van der Waals surface area contributed by atoms with E-state index in [1.165, 1.54) is 18.4 Å². The average Bonchev–Trinajstić information content (AvgIpc) is 3.79. The fraction of sp³-hybridized carbons (Fsp3) is 0.720. The molecule has 1 aromatic heterocycles. The van der Waals surface area contributed by atoms with Crippen LogP contribution in [0, 0.1) is 23.7 Å². The van der Waals surface area contributed by atoms with E-state index in [2.05, 4.69) is 5.16 Å². The smallest absolute Gasteiger partial charge is 0.308 e. The second kappa shape index (κ2) is 27.4. The molecule has 2 saturated heterocycles. The Bertz CT molecular complexity index is 1920. The van der Waals surface area contributed by atoms with E-state index in [0.717, 1.165) is 10.5 Å². The number of aliphatic hydroxyl groups is 3. The number of rotatable bonds is 14. The van der Waals surface area contributed by atoms with Gasteiger partial charge in [-0.05, 0) is 96.3 Å². The Kier molecular flexibility index (Phi) is 22.4. The van der Waals surface area contributed by atoms with Crippen LogP contribution in [-0.4, -0.2) is 178 Å². The van der Waals surface area contributed by atoms with E-state index in [1.54, 1.807) is 69.5 Å². The van der Waals surface area contributed by atoms with Crippen LogP contribution in [0.3, 0.4) is 0 Å². The fourth-order valence-electron chi connectivity index (χ4n) is 9.76. The maximum atomic E-state index is 14.4. The van der Waals surface area contributed by atoms with Crippen LogP contribution in [0.1, 0.15) is 87.7 Å². The molecule has 388 valence electrons. The van der Waals surface area contributed by atoms with Crippen LogP contribution in [-0.2, 0) is 52.3 Å². The molecule has 0 radical (unpaired) electrons. The molecule has 1 unspecified atom stereocenters. The third-order valence-corrected chi connectivity index (χ3v) is 14.7. The van der Waals surface area contributed by atoms with Gasteiger partial charge < -0.3 is 68.7 Å². The lowest BCUT2D eigenvalue weighted by Gasteiger charge is -2.47. The van der Waals surface area contributed by atoms with Crippen LogP contribution in [0.5, 0.6) is 0 Å². The van der Waals surface area contributed by atoms with Gasteiger partial charge in [0.05, 0.1) is 73.8 Å². The highest BCUT2D eigenvalue weighted by Gasteiger charge is 2.48. The molecule has 4 heterocycles.